The van der Waals surface area contributed by atoms with Crippen molar-refractivity contribution in [3.05, 3.63) is 70.3 Å². The van der Waals surface area contributed by atoms with E-state index >= 15 is 0 Å². The monoisotopic (exact) mass is 479 g/mol. The number of carbonyl (C=O) groups is 2. The molecule has 1 saturated heterocycles. The number of aliphatic carboxylic acids is 1. The van der Waals surface area contributed by atoms with Crippen LogP contribution in [0.4, 0.5) is 10.5 Å². The van der Waals surface area contributed by atoms with Crippen LogP contribution in [0.25, 0.3) is 0 Å². The molecule has 0 unspecified atom stereocenters. The molecule has 1 aliphatic rings. The Labute approximate surface area is 188 Å². The Balaban J connectivity index is 2.00. The van der Waals surface area contributed by atoms with Crippen molar-refractivity contribution in [2.45, 2.75) is 36.4 Å². The van der Waals surface area contributed by atoms with Gasteiger partial charge in [-0.15, -0.1) is 0 Å². The van der Waals surface area contributed by atoms with Crippen LogP contribution in [0.3, 0.4) is 0 Å². The molecule has 0 radical (unpaired) electrons. The number of hydrogen-bond acceptors (Lipinski definition) is 7. The Morgan fingerprint density at radius 2 is 1.73 bits per heavy atom. The molecule has 0 bridgehead atoms. The third-order valence-corrected chi connectivity index (χ3v) is 6.94. The minimum Gasteiger partial charge on any atom is -0.480 e. The highest BCUT2D eigenvalue weighted by Crippen LogP contribution is 2.31. The molecule has 1 heterocycles. The van der Waals surface area contributed by atoms with Crippen molar-refractivity contribution in [2.75, 3.05) is 6.54 Å². The van der Waals surface area contributed by atoms with Gasteiger partial charge in [-0.25, -0.2) is 18.0 Å². The number of nitro benzene ring substituents is 1. The molecular weight excluding hydrogens is 458 g/mol. The number of rotatable bonds is 8. The van der Waals surface area contributed by atoms with Gasteiger partial charge in [-0.1, -0.05) is 46.9 Å². The number of hydrogen-bond donors (Lipinski definition) is 2. The average Bonchev–Trinajstić information content (AvgIpc) is 2.79. The van der Waals surface area contributed by atoms with Crippen LogP contribution < -0.4 is 0 Å². The van der Waals surface area contributed by atoms with E-state index in [1.807, 2.05) is 0 Å². The van der Waals surface area contributed by atoms with Crippen molar-refractivity contribution in [2.24, 2.45) is 0 Å². The zero-order valence-corrected chi connectivity index (χ0v) is 18.0. The molecule has 1 fully saturated rings. The van der Waals surface area contributed by atoms with Gasteiger partial charge in [-0.3, -0.25) is 19.9 Å². The minimum absolute atomic E-state index is 0.0323. The highest BCUT2D eigenvalue weighted by Gasteiger charge is 2.44. The number of hydroxylamine groups is 1. The molecule has 0 spiro atoms. The zero-order valence-electron chi connectivity index (χ0n) is 17.2. The predicted molar refractivity (Wildman–Crippen MR) is 113 cm³/mol. The second kappa shape index (κ2) is 9.94. The van der Waals surface area contributed by atoms with Gasteiger partial charge in [-0.05, 0) is 24.5 Å². The van der Waals surface area contributed by atoms with Gasteiger partial charge < -0.3 is 10.2 Å². The summed E-state index contributed by atoms with van der Waals surface area (Å²) in [4.78, 5) is 39.3. The van der Waals surface area contributed by atoms with Gasteiger partial charge in [-0.2, -0.15) is 0 Å². The number of nitrogens with zero attached hydrogens (tertiary/aromatic N) is 3. The van der Waals surface area contributed by atoms with Crippen molar-refractivity contribution in [1.29, 1.82) is 0 Å². The summed E-state index contributed by atoms with van der Waals surface area (Å²) >= 11 is 0. The van der Waals surface area contributed by atoms with Crippen LogP contribution in [0.15, 0.2) is 59.5 Å². The van der Waals surface area contributed by atoms with Crippen LogP contribution in [0.5, 0.6) is 0 Å². The van der Waals surface area contributed by atoms with Crippen molar-refractivity contribution in [3.8, 4) is 0 Å². The number of carboxylic acids is 1. The van der Waals surface area contributed by atoms with Gasteiger partial charge in [0.25, 0.3) is 15.7 Å². The first-order valence-electron chi connectivity index (χ1n) is 9.80. The molecule has 12 nitrogen and oxygen atoms in total. The largest absolute Gasteiger partial charge is 0.480 e. The fourth-order valence-corrected chi connectivity index (χ4v) is 5.21. The number of para-hydroxylation sites is 1. The van der Waals surface area contributed by atoms with E-state index in [2.05, 4.69) is 0 Å². The third-order valence-electron chi connectivity index (χ3n) is 5.16. The summed E-state index contributed by atoms with van der Waals surface area (Å²) in [6, 6.07) is 10.8. The van der Waals surface area contributed by atoms with Crippen LogP contribution in [-0.4, -0.2) is 63.6 Å². The molecule has 0 aliphatic carbocycles. The van der Waals surface area contributed by atoms with Crippen molar-refractivity contribution in [1.82, 2.24) is 9.37 Å². The SMILES string of the molecule is O=C(O)[C@@H]1CC[C@@H](N(OCc2ccccc2)S(=O)(=O)c2ccccc2[N+](=O)[O-])CN1C(=O)O. The molecule has 176 valence electrons. The summed E-state index contributed by atoms with van der Waals surface area (Å²) in [5.74, 6) is -1.35. The molecule has 2 aromatic carbocycles. The van der Waals surface area contributed by atoms with Gasteiger partial charge >= 0.3 is 12.1 Å². The summed E-state index contributed by atoms with van der Waals surface area (Å²) in [6.45, 7) is -0.701. The topological polar surface area (TPSA) is 168 Å². The number of piperidine rings is 1. The van der Waals surface area contributed by atoms with E-state index in [9.17, 15) is 38.3 Å². The van der Waals surface area contributed by atoms with E-state index in [1.165, 1.54) is 12.1 Å². The standard InChI is InChI=1S/C20H21N3O9S/c24-19(25)17-11-10-15(12-21(17)20(26)27)23(32-13-14-6-2-1-3-7-14)33(30,31)18-9-5-4-8-16(18)22(28)29/h1-9,15,17H,10-13H2,(H,24,25)(H,26,27)/t15-,17+/m1/s1. The first-order chi connectivity index (χ1) is 15.6. The number of sulfonamides is 1. The maximum Gasteiger partial charge on any atom is 0.408 e. The highest BCUT2D eigenvalue weighted by molar-refractivity contribution is 7.89. The Hall–Kier alpha value is -3.55. The first kappa shape index (κ1) is 24.1. The third kappa shape index (κ3) is 5.27. The van der Waals surface area contributed by atoms with Crippen LogP contribution in [-0.2, 0) is 26.3 Å². The number of carboxylic acid groups (broad SMARTS) is 2. The second-order valence-electron chi connectivity index (χ2n) is 7.26. The molecular formula is C20H21N3O9S. The van der Waals surface area contributed by atoms with Crippen molar-refractivity contribution >= 4 is 27.8 Å². The summed E-state index contributed by atoms with van der Waals surface area (Å²) in [5.41, 5.74) is -0.0605. The summed E-state index contributed by atoms with van der Waals surface area (Å²) in [5, 5.41) is 30.2. The van der Waals surface area contributed by atoms with Crippen molar-refractivity contribution in [3.63, 3.8) is 0 Å². The molecule has 0 aromatic heterocycles. The lowest BCUT2D eigenvalue weighted by molar-refractivity contribution is -0.388. The summed E-state index contributed by atoms with van der Waals surface area (Å²) < 4.78 is 27.5. The van der Waals surface area contributed by atoms with Crippen LogP contribution in [0.2, 0.25) is 0 Å². The van der Waals surface area contributed by atoms with Gasteiger partial charge in [0, 0.05) is 12.6 Å². The van der Waals surface area contributed by atoms with Gasteiger partial charge in [0.15, 0.2) is 4.90 Å². The number of benzene rings is 2. The van der Waals surface area contributed by atoms with Crippen LogP contribution >= 0.6 is 0 Å². The Kier molecular flexibility index (Phi) is 7.26. The molecule has 1 amide bonds. The molecule has 2 aromatic rings. The highest BCUT2D eigenvalue weighted by atomic mass is 32.2. The lowest BCUT2D eigenvalue weighted by Gasteiger charge is -2.39. The van der Waals surface area contributed by atoms with Gasteiger partial charge in [0.1, 0.15) is 6.04 Å². The minimum atomic E-state index is -4.63. The molecule has 1 aliphatic heterocycles. The zero-order chi connectivity index (χ0) is 24.2. The molecule has 2 N–H and O–H groups in total. The fourth-order valence-electron chi connectivity index (χ4n) is 3.60. The van der Waals surface area contributed by atoms with Gasteiger partial charge in [0.05, 0.1) is 17.6 Å². The Morgan fingerprint density at radius 1 is 1.09 bits per heavy atom. The number of amides is 1. The molecule has 0 saturated carbocycles. The lowest BCUT2D eigenvalue weighted by Crippen LogP contribution is -2.56. The predicted octanol–water partition coefficient (Wildman–Crippen LogP) is 2.31. The summed E-state index contributed by atoms with van der Waals surface area (Å²) in [7, 11) is -4.63. The average molecular weight is 479 g/mol. The van der Waals surface area contributed by atoms with E-state index < -0.39 is 56.2 Å². The number of nitro groups is 1. The van der Waals surface area contributed by atoms with E-state index in [4.69, 9.17) is 4.84 Å². The maximum atomic E-state index is 13.5. The smallest absolute Gasteiger partial charge is 0.408 e. The van der Waals surface area contributed by atoms with E-state index in [0.29, 0.717) is 14.9 Å². The fraction of sp³-hybridized carbons (Fsp3) is 0.300. The van der Waals surface area contributed by atoms with Gasteiger partial charge in [0.2, 0.25) is 0 Å². The van der Waals surface area contributed by atoms with E-state index in [1.54, 1.807) is 30.3 Å². The summed E-state index contributed by atoms with van der Waals surface area (Å²) in [6.07, 6.45) is -1.72. The maximum absolute atomic E-state index is 13.5. The van der Waals surface area contributed by atoms with Crippen LogP contribution in [0, 0.1) is 10.1 Å². The first-order valence-corrected chi connectivity index (χ1v) is 11.2. The van der Waals surface area contributed by atoms with E-state index in [-0.39, 0.29) is 19.4 Å². The second-order valence-corrected chi connectivity index (χ2v) is 9.01. The molecule has 3 rings (SSSR count). The van der Waals surface area contributed by atoms with Crippen molar-refractivity contribution < 1.29 is 38.0 Å². The Bertz CT molecular complexity index is 1140. The Morgan fingerprint density at radius 3 is 2.33 bits per heavy atom. The van der Waals surface area contributed by atoms with E-state index in [0.717, 1.165) is 12.1 Å². The molecule has 2 atom stereocenters. The number of likely N-dealkylation sites (tertiary alicyclic amines) is 1. The lowest BCUT2D eigenvalue weighted by atomic mass is 9.99. The quantitative estimate of drug-likeness (QED) is 0.426. The normalized spacial score (nSPS) is 18.8. The molecule has 13 heteroatoms. The van der Waals surface area contributed by atoms with Crippen LogP contribution in [0.1, 0.15) is 18.4 Å². The molecule has 33 heavy (non-hydrogen) atoms.